The summed E-state index contributed by atoms with van der Waals surface area (Å²) in [5, 5.41) is 2.84. The van der Waals surface area contributed by atoms with E-state index in [0.717, 1.165) is 0 Å². The Hall–Kier alpha value is -1.69. The molecule has 2 heterocycles. The van der Waals surface area contributed by atoms with Gasteiger partial charge in [0.05, 0.1) is 16.9 Å². The molecule has 0 spiro atoms. The molecule has 0 aliphatic rings. The normalized spacial score (nSPS) is 9.88. The van der Waals surface area contributed by atoms with Crippen LogP contribution < -0.4 is 10.1 Å². The van der Waals surface area contributed by atoms with Crippen LogP contribution in [0.4, 0.5) is 5.95 Å². The van der Waals surface area contributed by atoms with Gasteiger partial charge >= 0.3 is 0 Å². The van der Waals surface area contributed by atoms with Crippen molar-refractivity contribution in [2.24, 2.45) is 0 Å². The van der Waals surface area contributed by atoms with Gasteiger partial charge in [-0.15, -0.1) is 0 Å². The Morgan fingerprint density at radius 3 is 2.94 bits per heavy atom. The molecule has 0 unspecified atom stereocenters. The standard InChI is InChI=1S/C10H9BrN4O/c1-12-10-14-6-8(11)9(15-10)16-7-3-2-4-13-5-7/h2-6H,1H3,(H,12,14,15). The number of hydrogen-bond acceptors (Lipinski definition) is 5. The smallest absolute Gasteiger partial charge is 0.238 e. The maximum Gasteiger partial charge on any atom is 0.238 e. The lowest BCUT2D eigenvalue weighted by Gasteiger charge is -2.06. The van der Waals surface area contributed by atoms with Gasteiger partial charge in [0, 0.05) is 13.2 Å². The molecule has 2 rings (SSSR count). The second-order valence-electron chi connectivity index (χ2n) is 2.89. The van der Waals surface area contributed by atoms with Crippen molar-refractivity contribution >= 4 is 21.9 Å². The van der Waals surface area contributed by atoms with Crippen molar-refractivity contribution < 1.29 is 4.74 Å². The monoisotopic (exact) mass is 280 g/mol. The van der Waals surface area contributed by atoms with E-state index in [0.29, 0.717) is 22.1 Å². The van der Waals surface area contributed by atoms with Crippen LogP contribution in [0.2, 0.25) is 0 Å². The Morgan fingerprint density at radius 1 is 1.38 bits per heavy atom. The molecule has 0 bridgehead atoms. The maximum atomic E-state index is 5.55. The lowest BCUT2D eigenvalue weighted by atomic mass is 10.5. The number of halogens is 1. The third kappa shape index (κ3) is 2.46. The predicted molar refractivity (Wildman–Crippen MR) is 63.6 cm³/mol. The van der Waals surface area contributed by atoms with Crippen molar-refractivity contribution in [2.75, 3.05) is 12.4 Å². The van der Waals surface area contributed by atoms with E-state index in [1.807, 2.05) is 0 Å². The highest BCUT2D eigenvalue weighted by molar-refractivity contribution is 9.10. The van der Waals surface area contributed by atoms with Gasteiger partial charge in [-0.05, 0) is 28.1 Å². The second kappa shape index (κ2) is 4.89. The van der Waals surface area contributed by atoms with Gasteiger partial charge in [-0.1, -0.05) is 0 Å². The van der Waals surface area contributed by atoms with E-state index in [4.69, 9.17) is 4.74 Å². The number of rotatable bonds is 3. The highest BCUT2D eigenvalue weighted by Gasteiger charge is 2.06. The quantitative estimate of drug-likeness (QED) is 0.936. The number of ether oxygens (including phenoxy) is 1. The largest absolute Gasteiger partial charge is 0.436 e. The lowest BCUT2D eigenvalue weighted by molar-refractivity contribution is 0.457. The molecule has 6 heteroatoms. The zero-order chi connectivity index (χ0) is 11.4. The molecule has 5 nitrogen and oxygen atoms in total. The molecule has 2 aromatic rings. The fraction of sp³-hybridized carbons (Fsp3) is 0.100. The predicted octanol–water partition coefficient (Wildman–Crippen LogP) is 2.47. The van der Waals surface area contributed by atoms with Gasteiger partial charge in [0.1, 0.15) is 5.75 Å². The van der Waals surface area contributed by atoms with Gasteiger partial charge in [0.25, 0.3) is 0 Å². The van der Waals surface area contributed by atoms with Crippen LogP contribution in [-0.4, -0.2) is 22.0 Å². The number of aromatic nitrogens is 3. The fourth-order valence-corrected chi connectivity index (χ4v) is 1.33. The molecule has 82 valence electrons. The Kier molecular flexibility index (Phi) is 3.31. The number of anilines is 1. The molecule has 0 saturated heterocycles. The molecule has 0 aliphatic heterocycles. The van der Waals surface area contributed by atoms with Crippen LogP contribution in [0.15, 0.2) is 35.2 Å². The average Bonchev–Trinajstić information content (AvgIpc) is 2.33. The maximum absolute atomic E-state index is 5.55. The first-order valence-corrected chi connectivity index (χ1v) is 5.37. The lowest BCUT2D eigenvalue weighted by Crippen LogP contribution is -1.98. The van der Waals surface area contributed by atoms with Gasteiger partial charge in [-0.25, -0.2) is 4.98 Å². The van der Waals surface area contributed by atoms with Crippen LogP contribution in [-0.2, 0) is 0 Å². The topological polar surface area (TPSA) is 59.9 Å². The molecular weight excluding hydrogens is 272 g/mol. The molecule has 0 amide bonds. The Morgan fingerprint density at radius 2 is 2.25 bits per heavy atom. The average molecular weight is 281 g/mol. The SMILES string of the molecule is CNc1ncc(Br)c(Oc2cccnc2)n1. The van der Waals surface area contributed by atoms with Crippen molar-refractivity contribution in [1.82, 2.24) is 15.0 Å². The Labute approximate surface area is 101 Å². The third-order valence-electron chi connectivity index (χ3n) is 1.78. The van der Waals surface area contributed by atoms with E-state index < -0.39 is 0 Å². The van der Waals surface area contributed by atoms with E-state index in [1.54, 1.807) is 37.8 Å². The van der Waals surface area contributed by atoms with Gasteiger partial charge in [0.2, 0.25) is 11.8 Å². The molecule has 0 saturated carbocycles. The van der Waals surface area contributed by atoms with Crippen molar-refractivity contribution in [2.45, 2.75) is 0 Å². The highest BCUT2D eigenvalue weighted by atomic mass is 79.9. The summed E-state index contributed by atoms with van der Waals surface area (Å²) in [5.41, 5.74) is 0. The zero-order valence-corrected chi connectivity index (χ0v) is 10.1. The zero-order valence-electron chi connectivity index (χ0n) is 8.51. The summed E-state index contributed by atoms with van der Waals surface area (Å²) in [6.45, 7) is 0. The number of nitrogens with one attached hydrogen (secondary N) is 1. The van der Waals surface area contributed by atoms with Crippen molar-refractivity contribution in [3.8, 4) is 11.6 Å². The first-order valence-electron chi connectivity index (χ1n) is 4.58. The number of pyridine rings is 1. The van der Waals surface area contributed by atoms with E-state index in [9.17, 15) is 0 Å². The Balaban J connectivity index is 2.27. The molecule has 0 radical (unpaired) electrons. The molecular formula is C10H9BrN4O. The summed E-state index contributed by atoms with van der Waals surface area (Å²) in [5.74, 6) is 1.58. The summed E-state index contributed by atoms with van der Waals surface area (Å²) >= 11 is 3.32. The molecule has 0 aliphatic carbocycles. The summed E-state index contributed by atoms with van der Waals surface area (Å²) in [6, 6.07) is 3.60. The third-order valence-corrected chi connectivity index (χ3v) is 2.33. The Bertz CT molecular complexity index is 478. The number of nitrogens with zero attached hydrogens (tertiary/aromatic N) is 3. The van der Waals surface area contributed by atoms with Crippen molar-refractivity contribution in [3.63, 3.8) is 0 Å². The second-order valence-corrected chi connectivity index (χ2v) is 3.74. The van der Waals surface area contributed by atoms with Crippen molar-refractivity contribution in [1.29, 1.82) is 0 Å². The van der Waals surface area contributed by atoms with Crippen LogP contribution in [0.1, 0.15) is 0 Å². The van der Waals surface area contributed by atoms with Crippen LogP contribution in [0.25, 0.3) is 0 Å². The molecule has 0 atom stereocenters. The summed E-state index contributed by atoms with van der Waals surface area (Å²) in [7, 11) is 1.75. The van der Waals surface area contributed by atoms with Crippen LogP contribution in [0.3, 0.4) is 0 Å². The molecule has 2 aromatic heterocycles. The van der Waals surface area contributed by atoms with Gasteiger partial charge in [-0.2, -0.15) is 4.98 Å². The van der Waals surface area contributed by atoms with Crippen LogP contribution in [0, 0.1) is 0 Å². The minimum absolute atomic E-state index is 0.451. The van der Waals surface area contributed by atoms with E-state index in [-0.39, 0.29) is 0 Å². The van der Waals surface area contributed by atoms with E-state index >= 15 is 0 Å². The van der Waals surface area contributed by atoms with Gasteiger partial charge < -0.3 is 10.1 Å². The highest BCUT2D eigenvalue weighted by Crippen LogP contribution is 2.26. The molecule has 0 fully saturated rings. The molecule has 0 aromatic carbocycles. The first kappa shape index (κ1) is 10.8. The number of hydrogen-bond donors (Lipinski definition) is 1. The minimum Gasteiger partial charge on any atom is -0.436 e. The van der Waals surface area contributed by atoms with Gasteiger partial charge in [0.15, 0.2) is 0 Å². The summed E-state index contributed by atoms with van der Waals surface area (Å²) < 4.78 is 6.24. The van der Waals surface area contributed by atoms with Crippen LogP contribution in [0.5, 0.6) is 11.6 Å². The minimum atomic E-state index is 0.451. The van der Waals surface area contributed by atoms with E-state index in [1.165, 1.54) is 0 Å². The fourth-order valence-electron chi connectivity index (χ4n) is 1.06. The molecule has 1 N–H and O–H groups in total. The van der Waals surface area contributed by atoms with Gasteiger partial charge in [-0.3, -0.25) is 4.98 Å². The first-order chi connectivity index (χ1) is 7.79. The molecule has 16 heavy (non-hydrogen) atoms. The van der Waals surface area contributed by atoms with Crippen molar-refractivity contribution in [3.05, 3.63) is 35.2 Å². The van der Waals surface area contributed by atoms with Crippen LogP contribution >= 0.6 is 15.9 Å². The summed E-state index contributed by atoms with van der Waals surface area (Å²) in [4.78, 5) is 12.2. The summed E-state index contributed by atoms with van der Waals surface area (Å²) in [6.07, 6.45) is 4.93. The van der Waals surface area contributed by atoms with E-state index in [2.05, 4.69) is 36.2 Å².